The molecule has 0 bridgehead atoms. The normalized spacial score (nSPS) is 19.3. The highest BCUT2D eigenvalue weighted by Crippen LogP contribution is 2.38. The molecule has 184 valence electrons. The summed E-state index contributed by atoms with van der Waals surface area (Å²) in [7, 11) is 3.31. The number of benzene rings is 2. The van der Waals surface area contributed by atoms with Crippen LogP contribution in [0.15, 0.2) is 42.5 Å². The van der Waals surface area contributed by atoms with Gasteiger partial charge in [-0.15, -0.1) is 0 Å². The van der Waals surface area contributed by atoms with Crippen molar-refractivity contribution in [3.63, 3.8) is 0 Å². The second-order valence-corrected chi connectivity index (χ2v) is 9.16. The fourth-order valence-electron chi connectivity index (χ4n) is 4.78. The predicted molar refractivity (Wildman–Crippen MR) is 133 cm³/mol. The number of hydrogen-bond donors (Lipinski definition) is 0. The predicted octanol–water partition coefficient (Wildman–Crippen LogP) is 3.72. The lowest BCUT2D eigenvalue weighted by molar-refractivity contribution is -0.133. The number of para-hydroxylation sites is 1. The van der Waals surface area contributed by atoms with Crippen LogP contribution in [0.5, 0.6) is 17.2 Å². The number of carbonyl (C=O) groups is 1. The van der Waals surface area contributed by atoms with Crippen LogP contribution >= 0.6 is 11.6 Å². The second kappa shape index (κ2) is 11.8. The highest BCUT2D eigenvalue weighted by Gasteiger charge is 2.33. The molecule has 2 fully saturated rings. The molecule has 7 nitrogen and oxygen atoms in total. The van der Waals surface area contributed by atoms with Gasteiger partial charge in [-0.3, -0.25) is 14.6 Å². The van der Waals surface area contributed by atoms with Crippen molar-refractivity contribution < 1.29 is 19.0 Å². The van der Waals surface area contributed by atoms with Gasteiger partial charge in [0.15, 0.2) is 0 Å². The Labute approximate surface area is 207 Å². The molecule has 2 heterocycles. The SMILES string of the molecule is COc1ccc(C2CCCN2C(=O)CN2CCN(CCOc3ccccc3Cl)CC2)c(OC)c1. The zero-order valence-corrected chi connectivity index (χ0v) is 20.8. The molecule has 2 aromatic carbocycles. The summed E-state index contributed by atoms with van der Waals surface area (Å²) >= 11 is 6.15. The Kier molecular flexibility index (Phi) is 8.53. The Hall–Kier alpha value is -2.48. The number of piperazine rings is 1. The number of carbonyl (C=O) groups excluding carboxylic acids is 1. The third-order valence-electron chi connectivity index (χ3n) is 6.70. The summed E-state index contributed by atoms with van der Waals surface area (Å²) in [6, 6.07) is 13.5. The molecule has 0 N–H and O–H groups in total. The average Bonchev–Trinajstić information content (AvgIpc) is 3.36. The molecule has 0 radical (unpaired) electrons. The van der Waals surface area contributed by atoms with Gasteiger partial charge in [0.1, 0.15) is 23.9 Å². The van der Waals surface area contributed by atoms with Gasteiger partial charge in [-0.1, -0.05) is 23.7 Å². The number of hydrogen-bond acceptors (Lipinski definition) is 6. The molecule has 2 saturated heterocycles. The Morgan fingerprint density at radius 1 is 0.971 bits per heavy atom. The average molecular weight is 488 g/mol. The minimum atomic E-state index is 0.0524. The maximum atomic E-state index is 13.2. The van der Waals surface area contributed by atoms with Crippen molar-refractivity contribution in [2.45, 2.75) is 18.9 Å². The summed E-state index contributed by atoms with van der Waals surface area (Å²) in [4.78, 5) is 19.9. The van der Waals surface area contributed by atoms with Crippen LogP contribution in [0.1, 0.15) is 24.4 Å². The van der Waals surface area contributed by atoms with Crippen LogP contribution in [0, 0.1) is 0 Å². The van der Waals surface area contributed by atoms with Gasteiger partial charge in [-0.2, -0.15) is 0 Å². The molecule has 2 aliphatic heterocycles. The molecule has 1 unspecified atom stereocenters. The van der Waals surface area contributed by atoms with E-state index in [0.717, 1.165) is 74.9 Å². The standard InChI is InChI=1S/C26H34ClN3O4/c1-32-20-9-10-21(25(18-20)33-2)23-7-5-11-30(23)26(31)19-29-14-12-28(13-15-29)16-17-34-24-8-4-3-6-22(24)27/h3-4,6,8-10,18,23H,5,7,11-17,19H2,1-2H3. The Morgan fingerprint density at radius 3 is 2.47 bits per heavy atom. The van der Waals surface area contributed by atoms with E-state index in [-0.39, 0.29) is 11.9 Å². The number of ether oxygens (including phenoxy) is 3. The van der Waals surface area contributed by atoms with Crippen LogP contribution in [0.4, 0.5) is 0 Å². The second-order valence-electron chi connectivity index (χ2n) is 8.75. The van der Waals surface area contributed by atoms with Gasteiger partial charge in [0.2, 0.25) is 5.91 Å². The highest BCUT2D eigenvalue weighted by atomic mass is 35.5. The Balaban J connectivity index is 1.25. The minimum absolute atomic E-state index is 0.0524. The molecular formula is C26H34ClN3O4. The van der Waals surface area contributed by atoms with E-state index in [1.165, 1.54) is 0 Å². The first kappa shape index (κ1) is 24.6. The number of halogens is 1. The largest absolute Gasteiger partial charge is 0.497 e. The number of nitrogens with zero attached hydrogens (tertiary/aromatic N) is 3. The van der Waals surface area contributed by atoms with Crippen LogP contribution in [-0.4, -0.2) is 87.2 Å². The van der Waals surface area contributed by atoms with E-state index in [1.54, 1.807) is 14.2 Å². The summed E-state index contributed by atoms with van der Waals surface area (Å²) in [5.74, 6) is 2.45. The first-order chi connectivity index (χ1) is 16.6. The number of methoxy groups -OCH3 is 2. The highest BCUT2D eigenvalue weighted by molar-refractivity contribution is 6.32. The van der Waals surface area contributed by atoms with Gasteiger partial charge in [0.25, 0.3) is 0 Å². The van der Waals surface area contributed by atoms with Gasteiger partial charge in [0, 0.05) is 50.9 Å². The smallest absolute Gasteiger partial charge is 0.237 e. The third kappa shape index (κ3) is 5.95. The van der Waals surface area contributed by atoms with E-state index in [0.29, 0.717) is 18.2 Å². The molecule has 34 heavy (non-hydrogen) atoms. The van der Waals surface area contributed by atoms with Crippen molar-refractivity contribution in [1.82, 2.24) is 14.7 Å². The van der Waals surface area contributed by atoms with E-state index in [4.69, 9.17) is 25.8 Å². The summed E-state index contributed by atoms with van der Waals surface area (Å²) in [6.07, 6.45) is 1.96. The van der Waals surface area contributed by atoms with E-state index in [1.807, 2.05) is 47.4 Å². The lowest BCUT2D eigenvalue weighted by Gasteiger charge is -2.35. The molecular weight excluding hydrogens is 454 g/mol. The van der Waals surface area contributed by atoms with Crippen LogP contribution in [0.2, 0.25) is 5.02 Å². The van der Waals surface area contributed by atoms with Crippen molar-refractivity contribution in [2.75, 3.05) is 66.6 Å². The Morgan fingerprint density at radius 2 is 1.74 bits per heavy atom. The van der Waals surface area contributed by atoms with Crippen LogP contribution in [0.25, 0.3) is 0 Å². The molecule has 2 aliphatic rings. The number of rotatable bonds is 9. The van der Waals surface area contributed by atoms with Crippen molar-refractivity contribution in [2.24, 2.45) is 0 Å². The quantitative estimate of drug-likeness (QED) is 0.537. The zero-order valence-electron chi connectivity index (χ0n) is 20.0. The van der Waals surface area contributed by atoms with Crippen molar-refractivity contribution >= 4 is 17.5 Å². The summed E-state index contributed by atoms with van der Waals surface area (Å²) < 4.78 is 16.8. The zero-order chi connectivity index (χ0) is 23.9. The maximum absolute atomic E-state index is 13.2. The van der Waals surface area contributed by atoms with Gasteiger partial charge in [-0.25, -0.2) is 0 Å². The fraction of sp³-hybridized carbons (Fsp3) is 0.500. The maximum Gasteiger partial charge on any atom is 0.237 e. The molecule has 0 saturated carbocycles. The van der Waals surface area contributed by atoms with Crippen molar-refractivity contribution in [3.8, 4) is 17.2 Å². The van der Waals surface area contributed by atoms with Crippen LogP contribution in [0.3, 0.4) is 0 Å². The van der Waals surface area contributed by atoms with Crippen LogP contribution < -0.4 is 14.2 Å². The van der Waals surface area contributed by atoms with Crippen LogP contribution in [-0.2, 0) is 4.79 Å². The molecule has 4 rings (SSSR count). The van der Waals surface area contributed by atoms with Gasteiger partial charge in [0.05, 0.1) is 31.8 Å². The van der Waals surface area contributed by atoms with E-state index < -0.39 is 0 Å². The monoisotopic (exact) mass is 487 g/mol. The topological polar surface area (TPSA) is 54.5 Å². The fourth-order valence-corrected chi connectivity index (χ4v) is 4.97. The molecule has 0 spiro atoms. The molecule has 0 aliphatic carbocycles. The summed E-state index contributed by atoms with van der Waals surface area (Å²) in [5, 5.41) is 0.637. The summed E-state index contributed by atoms with van der Waals surface area (Å²) in [5.41, 5.74) is 1.05. The minimum Gasteiger partial charge on any atom is -0.497 e. The number of likely N-dealkylation sites (tertiary alicyclic amines) is 1. The first-order valence-electron chi connectivity index (χ1n) is 11.9. The molecule has 1 amide bonds. The Bertz CT molecular complexity index is 965. The van der Waals surface area contributed by atoms with Gasteiger partial charge >= 0.3 is 0 Å². The van der Waals surface area contributed by atoms with Gasteiger partial charge in [-0.05, 0) is 37.1 Å². The third-order valence-corrected chi connectivity index (χ3v) is 7.01. The molecule has 1 atom stereocenters. The van der Waals surface area contributed by atoms with E-state index >= 15 is 0 Å². The first-order valence-corrected chi connectivity index (χ1v) is 12.3. The molecule has 8 heteroatoms. The van der Waals surface area contributed by atoms with E-state index in [2.05, 4.69) is 9.80 Å². The summed E-state index contributed by atoms with van der Waals surface area (Å²) in [6.45, 7) is 6.30. The van der Waals surface area contributed by atoms with Crippen molar-refractivity contribution in [1.29, 1.82) is 0 Å². The molecule has 2 aromatic rings. The molecule has 0 aromatic heterocycles. The number of amides is 1. The van der Waals surface area contributed by atoms with Crippen molar-refractivity contribution in [3.05, 3.63) is 53.1 Å². The van der Waals surface area contributed by atoms with Gasteiger partial charge < -0.3 is 19.1 Å². The lowest BCUT2D eigenvalue weighted by Crippen LogP contribution is -2.50. The lowest BCUT2D eigenvalue weighted by atomic mass is 10.0. The van der Waals surface area contributed by atoms with E-state index in [9.17, 15) is 4.79 Å².